The zero-order valence-electron chi connectivity index (χ0n) is 5.03. The van der Waals surface area contributed by atoms with Crippen LogP contribution in [0.4, 0.5) is 0 Å². The molecule has 1 atom stereocenters. The maximum absolute atomic E-state index is 7.85. The fourth-order valence-corrected chi connectivity index (χ4v) is 0.528. The molecule has 8 heavy (non-hydrogen) atoms. The third-order valence-electron chi connectivity index (χ3n) is 0.839. The van der Waals surface area contributed by atoms with E-state index in [-0.39, 0.29) is 0 Å². The summed E-state index contributed by atoms with van der Waals surface area (Å²) in [5.74, 6) is 0. The van der Waals surface area contributed by atoms with Crippen LogP contribution in [0.3, 0.4) is 0 Å². The van der Waals surface area contributed by atoms with Crippen molar-refractivity contribution < 1.29 is 0 Å². The van der Waals surface area contributed by atoms with Crippen molar-refractivity contribution in [3.8, 4) is 0 Å². The number of rotatable bonds is 3. The molecule has 0 aliphatic heterocycles. The Balaban J connectivity index is 3.23. The van der Waals surface area contributed by atoms with Crippen molar-refractivity contribution in [2.75, 3.05) is 0 Å². The summed E-state index contributed by atoms with van der Waals surface area (Å²) in [5.41, 5.74) is 7.85. The van der Waals surface area contributed by atoms with E-state index < -0.39 is 0 Å². The van der Waals surface area contributed by atoms with E-state index in [9.17, 15) is 0 Å². The second-order valence-electron chi connectivity index (χ2n) is 1.50. The highest BCUT2D eigenvalue weighted by Crippen LogP contribution is 2.13. The number of nitrogens with zero attached hydrogens (tertiary/aromatic N) is 3. The number of hydrogen-bond acceptors (Lipinski definition) is 2. The fourth-order valence-electron chi connectivity index (χ4n) is 0.176. The van der Waals surface area contributed by atoms with Crippen LogP contribution in [0.15, 0.2) is 4.52 Å². The maximum Gasteiger partial charge on any atom is 0.0108 e. The molecule has 46 valence electrons. The van der Waals surface area contributed by atoms with Crippen LogP contribution in [0.5, 0.6) is 0 Å². The van der Waals surface area contributed by atoms with Gasteiger partial charge in [-0.15, -0.1) is 0 Å². The minimum absolute atomic E-state index is 0.450. The molecule has 0 aliphatic carbocycles. The van der Waals surface area contributed by atoms with Crippen molar-refractivity contribution in [2.45, 2.75) is 25.5 Å². The molecular weight excluding hydrogens is 122 g/mol. The Kier molecular flexibility index (Phi) is 4.61. The van der Waals surface area contributed by atoms with Gasteiger partial charge in [0.05, 0.1) is 0 Å². The van der Waals surface area contributed by atoms with Gasteiger partial charge in [-0.3, -0.25) is 0 Å². The molecule has 0 saturated heterocycles. The molecule has 0 N–H and O–H groups in total. The molecule has 0 bridgehead atoms. The molecule has 0 heterocycles. The Morgan fingerprint density at radius 2 is 2.50 bits per heavy atom. The van der Waals surface area contributed by atoms with E-state index in [0.717, 1.165) is 6.42 Å². The van der Waals surface area contributed by atoms with Crippen LogP contribution in [0.1, 0.15) is 20.3 Å². The van der Waals surface area contributed by atoms with Crippen molar-refractivity contribution in [1.82, 2.24) is 0 Å². The lowest BCUT2D eigenvalue weighted by Crippen LogP contribution is -1.87. The van der Waals surface area contributed by atoms with Gasteiger partial charge in [-0.1, -0.05) is 25.8 Å². The molecule has 0 aromatic heterocycles. The van der Waals surface area contributed by atoms with Crippen molar-refractivity contribution in [3.63, 3.8) is 0 Å². The zero-order chi connectivity index (χ0) is 6.41. The summed E-state index contributed by atoms with van der Waals surface area (Å²) in [6, 6.07) is 0. The van der Waals surface area contributed by atoms with Gasteiger partial charge < -0.3 is 0 Å². The highest BCUT2D eigenvalue weighted by atomic mass is 32.2. The van der Waals surface area contributed by atoms with Gasteiger partial charge in [-0.2, -0.15) is 0 Å². The summed E-state index contributed by atoms with van der Waals surface area (Å²) < 4.78 is 3.34. The molecule has 0 rings (SSSR count). The van der Waals surface area contributed by atoms with E-state index in [1.54, 1.807) is 0 Å². The summed E-state index contributed by atoms with van der Waals surface area (Å²) >= 11 is 1.28. The quantitative estimate of drug-likeness (QED) is 0.251. The van der Waals surface area contributed by atoms with Crippen LogP contribution in [-0.4, -0.2) is 5.25 Å². The second kappa shape index (κ2) is 4.81. The second-order valence-corrected chi connectivity index (χ2v) is 2.67. The van der Waals surface area contributed by atoms with Gasteiger partial charge in [-0.25, -0.2) is 0 Å². The lowest BCUT2D eigenvalue weighted by Gasteiger charge is -1.98. The Morgan fingerprint density at radius 1 is 1.88 bits per heavy atom. The predicted octanol–water partition coefficient (Wildman–Crippen LogP) is 2.74. The molecule has 0 amide bonds. The topological polar surface area (TPSA) is 48.8 Å². The Bertz CT molecular complexity index is 97.5. The average Bonchev–Trinajstić information content (AvgIpc) is 1.83. The van der Waals surface area contributed by atoms with E-state index in [0.29, 0.717) is 5.25 Å². The molecule has 4 heteroatoms. The van der Waals surface area contributed by atoms with E-state index >= 15 is 0 Å². The highest BCUT2D eigenvalue weighted by molar-refractivity contribution is 7.98. The average molecular weight is 131 g/mol. The maximum atomic E-state index is 7.85. The molecule has 0 spiro atoms. The zero-order valence-corrected chi connectivity index (χ0v) is 5.85. The summed E-state index contributed by atoms with van der Waals surface area (Å²) in [6.45, 7) is 4.09. The van der Waals surface area contributed by atoms with E-state index in [2.05, 4.69) is 16.4 Å². The van der Waals surface area contributed by atoms with Crippen molar-refractivity contribution in [3.05, 3.63) is 10.4 Å². The molecular formula is C4H9N3S. The Labute approximate surface area is 53.2 Å². The monoisotopic (exact) mass is 131 g/mol. The lowest BCUT2D eigenvalue weighted by atomic mass is 10.4. The van der Waals surface area contributed by atoms with Crippen LogP contribution < -0.4 is 0 Å². The Hall–Kier alpha value is -0.340. The molecule has 0 saturated carbocycles. The summed E-state index contributed by atoms with van der Waals surface area (Å²) in [6.07, 6.45) is 1.05. The largest absolute Gasteiger partial charge is 0.0643 e. The van der Waals surface area contributed by atoms with E-state index in [1.807, 2.05) is 6.92 Å². The Morgan fingerprint density at radius 3 is 2.88 bits per heavy atom. The first-order valence-electron chi connectivity index (χ1n) is 2.51. The highest BCUT2D eigenvalue weighted by Gasteiger charge is 1.93. The molecule has 3 nitrogen and oxygen atoms in total. The van der Waals surface area contributed by atoms with Crippen LogP contribution in [0, 0.1) is 0 Å². The van der Waals surface area contributed by atoms with Gasteiger partial charge in [0, 0.05) is 10.2 Å². The molecule has 0 fully saturated rings. The van der Waals surface area contributed by atoms with Crippen LogP contribution in [-0.2, 0) is 0 Å². The van der Waals surface area contributed by atoms with Gasteiger partial charge >= 0.3 is 0 Å². The van der Waals surface area contributed by atoms with E-state index in [1.165, 1.54) is 11.9 Å². The van der Waals surface area contributed by atoms with Gasteiger partial charge in [0.25, 0.3) is 0 Å². The van der Waals surface area contributed by atoms with Gasteiger partial charge in [0.2, 0.25) is 0 Å². The molecule has 0 aliphatic rings. The molecule has 1 unspecified atom stereocenters. The van der Waals surface area contributed by atoms with Crippen LogP contribution in [0.2, 0.25) is 0 Å². The first-order chi connectivity index (χ1) is 3.81. The molecule has 0 aromatic rings. The van der Waals surface area contributed by atoms with Crippen LogP contribution >= 0.6 is 11.9 Å². The first kappa shape index (κ1) is 7.66. The normalized spacial score (nSPS) is 12.2. The predicted molar refractivity (Wildman–Crippen MR) is 36.5 cm³/mol. The van der Waals surface area contributed by atoms with Crippen molar-refractivity contribution >= 4 is 11.9 Å². The summed E-state index contributed by atoms with van der Waals surface area (Å²) in [7, 11) is 0. The van der Waals surface area contributed by atoms with Crippen LogP contribution in [0.25, 0.3) is 10.4 Å². The third kappa shape index (κ3) is 3.84. The number of hydrogen-bond donors (Lipinski definition) is 0. The van der Waals surface area contributed by atoms with Gasteiger partial charge in [0.1, 0.15) is 0 Å². The van der Waals surface area contributed by atoms with Gasteiger partial charge in [0.15, 0.2) is 0 Å². The SMILES string of the molecule is CCC(C)SN=[N+]=[N-]. The lowest BCUT2D eigenvalue weighted by molar-refractivity contribution is 0.907. The third-order valence-corrected chi connectivity index (χ3v) is 1.70. The summed E-state index contributed by atoms with van der Waals surface area (Å²) in [4.78, 5) is 2.61. The molecule has 0 radical (unpaired) electrons. The number of azide groups is 1. The first-order valence-corrected chi connectivity index (χ1v) is 3.35. The minimum Gasteiger partial charge on any atom is -0.0643 e. The fraction of sp³-hybridized carbons (Fsp3) is 1.00. The minimum atomic E-state index is 0.450. The van der Waals surface area contributed by atoms with Crippen molar-refractivity contribution in [2.24, 2.45) is 4.52 Å². The van der Waals surface area contributed by atoms with Crippen molar-refractivity contribution in [1.29, 1.82) is 0 Å². The smallest absolute Gasteiger partial charge is 0.0108 e. The standard InChI is InChI=1S/C4H9N3S/c1-3-4(2)8-7-6-5/h4H,3H2,1-2H3. The molecule has 0 aromatic carbocycles. The van der Waals surface area contributed by atoms with Gasteiger partial charge in [-0.05, 0) is 16.5 Å². The van der Waals surface area contributed by atoms with E-state index in [4.69, 9.17) is 5.53 Å². The summed E-state index contributed by atoms with van der Waals surface area (Å²) in [5, 5.41) is 0.450.